The maximum atomic E-state index is 12.7. The molecule has 3 rings (SSSR count). The fourth-order valence-electron chi connectivity index (χ4n) is 3.62. The van der Waals surface area contributed by atoms with Gasteiger partial charge in [-0.15, -0.1) is 0 Å². The maximum Gasteiger partial charge on any atom is 0.251 e. The van der Waals surface area contributed by atoms with Gasteiger partial charge in [-0.1, -0.05) is 24.3 Å². The van der Waals surface area contributed by atoms with Crippen molar-refractivity contribution in [3.05, 3.63) is 83.0 Å². The topological polar surface area (TPSA) is 130 Å². The number of nitrogens with two attached hydrogens (primary N) is 1. The lowest BCUT2D eigenvalue weighted by Crippen LogP contribution is -2.43. The molecule has 0 aliphatic carbocycles. The summed E-state index contributed by atoms with van der Waals surface area (Å²) in [5, 5.41) is 26.4. The van der Waals surface area contributed by atoms with Crippen LogP contribution in [0, 0.1) is 0 Å². The van der Waals surface area contributed by atoms with E-state index < -0.39 is 6.10 Å². The Bertz CT molecular complexity index is 1120. The van der Waals surface area contributed by atoms with Crippen LogP contribution in [-0.2, 0) is 13.0 Å². The van der Waals surface area contributed by atoms with Crippen LogP contribution < -0.4 is 21.1 Å². The molecule has 180 valence electrons. The van der Waals surface area contributed by atoms with Gasteiger partial charge in [0.05, 0.1) is 13.2 Å². The first kappa shape index (κ1) is 25.0. The second-order valence-electron chi connectivity index (χ2n) is 8.86. The summed E-state index contributed by atoms with van der Waals surface area (Å²) in [6, 6.07) is 15.9. The number of nitrogens with one attached hydrogen (secondary N) is 2. The number of aliphatic hydroxyl groups excluding tert-OH is 1. The van der Waals surface area contributed by atoms with Crippen LogP contribution >= 0.6 is 0 Å². The molecular formula is C26H32N4O4. The number of phenolic OH excluding ortho intramolecular Hbond substituents is 1. The number of hydrogen-bond acceptors (Lipinski definition) is 7. The molecule has 0 spiro atoms. The average Bonchev–Trinajstić information content (AvgIpc) is 2.82. The van der Waals surface area contributed by atoms with Gasteiger partial charge in [-0.3, -0.25) is 4.79 Å². The first-order chi connectivity index (χ1) is 16.2. The molecule has 0 radical (unpaired) electrons. The molecule has 6 N–H and O–H groups in total. The van der Waals surface area contributed by atoms with Crippen LogP contribution in [0.1, 0.15) is 47.0 Å². The van der Waals surface area contributed by atoms with E-state index in [1.165, 1.54) is 13.2 Å². The van der Waals surface area contributed by atoms with Gasteiger partial charge in [0, 0.05) is 36.0 Å². The third-order valence-electron chi connectivity index (χ3n) is 5.50. The molecule has 0 saturated carbocycles. The van der Waals surface area contributed by atoms with Gasteiger partial charge in [0.2, 0.25) is 0 Å². The van der Waals surface area contributed by atoms with Gasteiger partial charge >= 0.3 is 0 Å². The lowest BCUT2D eigenvalue weighted by atomic mass is 9.93. The number of aromatic nitrogens is 1. The molecule has 0 bridgehead atoms. The lowest BCUT2D eigenvalue weighted by Gasteiger charge is -2.28. The minimum absolute atomic E-state index is 0.0548. The number of anilines is 1. The number of carbonyl (C=O) groups is 1. The molecule has 1 heterocycles. The number of rotatable bonds is 10. The summed E-state index contributed by atoms with van der Waals surface area (Å²) in [6.45, 7) is 4.76. The summed E-state index contributed by atoms with van der Waals surface area (Å²) in [6.07, 6.45) is 1.53. The van der Waals surface area contributed by atoms with Gasteiger partial charge in [-0.05, 0) is 61.7 Å². The Balaban J connectivity index is 1.57. The Morgan fingerprint density at radius 2 is 1.94 bits per heavy atom. The molecule has 0 unspecified atom stereocenters. The Labute approximate surface area is 199 Å². The van der Waals surface area contributed by atoms with Gasteiger partial charge in [-0.25, -0.2) is 4.98 Å². The number of carbonyl (C=O) groups excluding carboxylic acids is 1. The molecule has 2 aromatic carbocycles. The van der Waals surface area contributed by atoms with Crippen molar-refractivity contribution in [2.45, 2.75) is 38.5 Å². The van der Waals surface area contributed by atoms with Crippen molar-refractivity contribution in [3.8, 4) is 11.5 Å². The van der Waals surface area contributed by atoms with Crippen molar-refractivity contribution in [1.82, 2.24) is 15.6 Å². The number of nitrogens with zero attached hydrogens (tertiary/aromatic N) is 1. The predicted octanol–water partition coefficient (Wildman–Crippen LogP) is 2.95. The van der Waals surface area contributed by atoms with Crippen LogP contribution in [0.25, 0.3) is 0 Å². The zero-order chi connectivity index (χ0) is 24.7. The monoisotopic (exact) mass is 464 g/mol. The first-order valence-electron chi connectivity index (χ1n) is 11.0. The standard InChI is InChI=1S/C26H32N4O4/c1-26(2,30-16-22(32)20-8-10-24(27)28-15-20)13-17-5-4-6-19(11-17)25(33)29-14-18-7-9-21(31)23(12-18)34-3/h4-12,15,22,30-32H,13-14,16H2,1-3H3,(H2,27,28)(H,29,33)/t22-/m0/s1. The SMILES string of the molecule is COc1cc(CNC(=O)c2cccc(CC(C)(C)NC[C@H](O)c3ccc(N)nc3)c2)ccc1O. The number of aromatic hydroxyl groups is 1. The van der Waals surface area contributed by atoms with Crippen molar-refractivity contribution in [2.24, 2.45) is 0 Å². The highest BCUT2D eigenvalue weighted by Gasteiger charge is 2.20. The van der Waals surface area contributed by atoms with Crippen molar-refractivity contribution in [3.63, 3.8) is 0 Å². The van der Waals surface area contributed by atoms with Crippen molar-refractivity contribution >= 4 is 11.7 Å². The molecule has 1 aromatic heterocycles. The van der Waals surface area contributed by atoms with Crippen LogP contribution in [-0.4, -0.2) is 40.3 Å². The van der Waals surface area contributed by atoms with E-state index in [1.807, 2.05) is 32.0 Å². The molecule has 34 heavy (non-hydrogen) atoms. The first-order valence-corrected chi connectivity index (χ1v) is 11.0. The zero-order valence-corrected chi connectivity index (χ0v) is 19.7. The van der Waals surface area contributed by atoms with Crippen LogP contribution in [0.15, 0.2) is 60.8 Å². The summed E-state index contributed by atoms with van der Waals surface area (Å²) >= 11 is 0. The van der Waals surface area contributed by atoms with E-state index in [-0.39, 0.29) is 17.2 Å². The van der Waals surface area contributed by atoms with E-state index in [0.29, 0.717) is 42.2 Å². The Morgan fingerprint density at radius 3 is 2.65 bits per heavy atom. The number of ether oxygens (including phenoxy) is 1. The number of nitrogen functional groups attached to an aromatic ring is 1. The van der Waals surface area contributed by atoms with Gasteiger partial charge in [-0.2, -0.15) is 0 Å². The molecule has 1 amide bonds. The van der Waals surface area contributed by atoms with E-state index in [4.69, 9.17) is 10.5 Å². The highest BCUT2D eigenvalue weighted by Crippen LogP contribution is 2.26. The summed E-state index contributed by atoms with van der Waals surface area (Å²) in [5.74, 6) is 0.641. The molecule has 0 aliphatic rings. The number of amides is 1. The van der Waals surface area contributed by atoms with Gasteiger partial charge < -0.3 is 31.3 Å². The second-order valence-corrected chi connectivity index (χ2v) is 8.86. The van der Waals surface area contributed by atoms with E-state index in [0.717, 1.165) is 11.1 Å². The van der Waals surface area contributed by atoms with Crippen LogP contribution in [0.5, 0.6) is 11.5 Å². The van der Waals surface area contributed by atoms with Crippen LogP contribution in [0.2, 0.25) is 0 Å². The fraction of sp³-hybridized carbons (Fsp3) is 0.308. The fourth-order valence-corrected chi connectivity index (χ4v) is 3.62. The molecule has 0 saturated heterocycles. The number of β-amino-alcohol motifs (C(OH)–C–C–N with tert-alkyl or cyclic N) is 1. The number of benzene rings is 2. The predicted molar refractivity (Wildman–Crippen MR) is 132 cm³/mol. The summed E-state index contributed by atoms with van der Waals surface area (Å²) < 4.78 is 5.11. The molecule has 0 fully saturated rings. The Morgan fingerprint density at radius 1 is 1.15 bits per heavy atom. The van der Waals surface area contributed by atoms with Crippen molar-refractivity contribution in [2.75, 3.05) is 19.4 Å². The largest absolute Gasteiger partial charge is 0.504 e. The molecule has 3 aromatic rings. The minimum atomic E-state index is -0.706. The van der Waals surface area contributed by atoms with Crippen LogP contribution in [0.4, 0.5) is 5.82 Å². The number of aliphatic hydroxyl groups is 1. The van der Waals surface area contributed by atoms with E-state index in [1.54, 1.807) is 36.5 Å². The van der Waals surface area contributed by atoms with Gasteiger partial charge in [0.15, 0.2) is 11.5 Å². The summed E-state index contributed by atoms with van der Waals surface area (Å²) in [4.78, 5) is 16.7. The average molecular weight is 465 g/mol. The lowest BCUT2D eigenvalue weighted by molar-refractivity contribution is 0.0950. The third kappa shape index (κ3) is 6.94. The van der Waals surface area contributed by atoms with E-state index in [2.05, 4.69) is 15.6 Å². The Kier molecular flexibility index (Phi) is 8.09. The minimum Gasteiger partial charge on any atom is -0.504 e. The molecule has 1 atom stereocenters. The van der Waals surface area contributed by atoms with E-state index in [9.17, 15) is 15.0 Å². The number of methoxy groups -OCH3 is 1. The molecular weight excluding hydrogens is 432 g/mol. The Hall–Kier alpha value is -3.62. The van der Waals surface area contributed by atoms with Crippen molar-refractivity contribution in [1.29, 1.82) is 0 Å². The van der Waals surface area contributed by atoms with Gasteiger partial charge in [0.25, 0.3) is 5.91 Å². The number of pyridine rings is 1. The molecule has 8 heteroatoms. The number of hydrogen-bond donors (Lipinski definition) is 5. The third-order valence-corrected chi connectivity index (χ3v) is 5.50. The second kappa shape index (κ2) is 11.0. The zero-order valence-electron chi connectivity index (χ0n) is 19.7. The highest BCUT2D eigenvalue weighted by molar-refractivity contribution is 5.94. The number of phenols is 1. The molecule has 0 aliphatic heterocycles. The maximum absolute atomic E-state index is 12.7. The van der Waals surface area contributed by atoms with Crippen molar-refractivity contribution < 1.29 is 19.7 Å². The smallest absolute Gasteiger partial charge is 0.251 e. The summed E-state index contributed by atoms with van der Waals surface area (Å²) in [5.41, 5.74) is 8.36. The van der Waals surface area contributed by atoms with E-state index >= 15 is 0 Å². The quantitative estimate of drug-likeness (QED) is 0.312. The van der Waals surface area contributed by atoms with Gasteiger partial charge in [0.1, 0.15) is 5.82 Å². The highest BCUT2D eigenvalue weighted by atomic mass is 16.5. The van der Waals surface area contributed by atoms with Crippen LogP contribution in [0.3, 0.4) is 0 Å². The summed E-state index contributed by atoms with van der Waals surface area (Å²) in [7, 11) is 1.48. The normalized spacial score (nSPS) is 12.2. The molecule has 8 nitrogen and oxygen atoms in total.